The molecule has 4 aromatic rings. The number of nitrogen functional groups attached to an aromatic ring is 1. The SMILES string of the molecule is Nc1cc(Nc2cc(S(=O)(=O)O)c3nc(=O)c(=C(O)c4cccc(S(=O)(=O)O)c4)c4c5ccccc5c(=O)c2c3=4)c(S(=O)(=O)O)cc1S(=O)(=O)O. The molecule has 0 fully saturated rings. The van der Waals surface area contributed by atoms with E-state index < -0.39 is 115 Å². The molecule has 1 aliphatic carbocycles. The lowest BCUT2D eigenvalue weighted by molar-refractivity contribution is 0.478. The maximum absolute atomic E-state index is 14.2. The lowest BCUT2D eigenvalue weighted by Gasteiger charge is -2.17. The number of anilines is 3. The fourth-order valence-electron chi connectivity index (χ4n) is 5.65. The van der Waals surface area contributed by atoms with Crippen molar-refractivity contribution in [3.05, 3.63) is 109 Å². The molecule has 0 bridgehead atoms. The van der Waals surface area contributed by atoms with Gasteiger partial charge in [-0.2, -0.15) is 33.7 Å². The highest BCUT2D eigenvalue weighted by Crippen LogP contribution is 2.36. The van der Waals surface area contributed by atoms with E-state index in [0.717, 1.165) is 24.3 Å². The van der Waals surface area contributed by atoms with Crippen LogP contribution in [0.3, 0.4) is 0 Å². The van der Waals surface area contributed by atoms with E-state index in [1.807, 2.05) is 0 Å². The van der Waals surface area contributed by atoms with Crippen molar-refractivity contribution in [3.8, 4) is 0 Å². The Labute approximate surface area is 285 Å². The second kappa shape index (κ2) is 11.6. The fraction of sp³-hybridized carbons (Fsp3) is 0. The summed E-state index contributed by atoms with van der Waals surface area (Å²) in [5.41, 5.74) is 0.168. The van der Waals surface area contributed by atoms with Crippen molar-refractivity contribution in [2.75, 3.05) is 11.1 Å². The van der Waals surface area contributed by atoms with Gasteiger partial charge in [0.15, 0.2) is 5.43 Å². The number of hydrogen-bond donors (Lipinski definition) is 7. The Bertz CT molecular complexity index is 3230. The van der Waals surface area contributed by atoms with Gasteiger partial charge in [0.2, 0.25) is 0 Å². The quantitative estimate of drug-likeness (QED) is 0.0878. The summed E-state index contributed by atoms with van der Waals surface area (Å²) in [6, 6.07) is 10.9. The summed E-state index contributed by atoms with van der Waals surface area (Å²) >= 11 is 0. The minimum absolute atomic E-state index is 0.0780. The van der Waals surface area contributed by atoms with Crippen molar-refractivity contribution in [2.24, 2.45) is 0 Å². The van der Waals surface area contributed by atoms with Gasteiger partial charge in [0, 0.05) is 21.4 Å². The summed E-state index contributed by atoms with van der Waals surface area (Å²) < 4.78 is 137. The molecular weight excluding hydrogens is 759 g/mol. The van der Waals surface area contributed by atoms with E-state index in [9.17, 15) is 66.6 Å². The third-order valence-corrected chi connectivity index (χ3v) is 11.2. The Morgan fingerprint density at radius 2 is 1.25 bits per heavy atom. The first-order chi connectivity index (χ1) is 23.5. The van der Waals surface area contributed by atoms with E-state index in [0.29, 0.717) is 12.1 Å². The van der Waals surface area contributed by atoms with Gasteiger partial charge in [-0.05, 0) is 35.7 Å². The van der Waals surface area contributed by atoms with Gasteiger partial charge in [0.25, 0.3) is 46.0 Å². The molecule has 0 aromatic heterocycles. The van der Waals surface area contributed by atoms with Crippen molar-refractivity contribution >= 4 is 85.0 Å². The first-order valence-corrected chi connectivity index (χ1v) is 19.4. The second-order valence-corrected chi connectivity index (χ2v) is 16.4. The number of fused-ring (bicyclic) bond motifs is 2. The molecule has 8 N–H and O–H groups in total. The zero-order chi connectivity index (χ0) is 37.6. The number of aliphatic hydroxyl groups excluding tert-OH is 1. The molecule has 0 saturated carbocycles. The Morgan fingerprint density at radius 3 is 1.84 bits per heavy atom. The number of benzene rings is 4. The van der Waals surface area contributed by atoms with E-state index >= 15 is 0 Å². The molecule has 0 unspecified atom stereocenters. The van der Waals surface area contributed by atoms with E-state index in [1.165, 1.54) is 24.3 Å². The Balaban J connectivity index is 1.90. The zero-order valence-electron chi connectivity index (χ0n) is 24.8. The van der Waals surface area contributed by atoms with Crippen molar-refractivity contribution in [1.29, 1.82) is 0 Å². The first kappa shape index (κ1) is 35.5. The lowest BCUT2D eigenvalue weighted by Crippen LogP contribution is -2.33. The molecular formula is C29H19N3O15S4. The number of aliphatic hydroxyl groups is 1. The number of nitrogens with zero attached hydrogens (tertiary/aromatic N) is 1. The van der Waals surface area contributed by atoms with Crippen LogP contribution in [0.15, 0.2) is 95.9 Å². The number of aromatic nitrogens is 1. The van der Waals surface area contributed by atoms with E-state index in [1.54, 1.807) is 0 Å². The molecule has 18 nitrogen and oxygen atoms in total. The maximum atomic E-state index is 14.2. The van der Waals surface area contributed by atoms with Crippen LogP contribution in [0.25, 0.3) is 27.4 Å². The van der Waals surface area contributed by atoms with Gasteiger partial charge in [-0.1, -0.05) is 36.4 Å². The summed E-state index contributed by atoms with van der Waals surface area (Å²) in [4.78, 5) is 27.4. The molecule has 6 rings (SSSR count). The molecule has 2 aliphatic rings. The van der Waals surface area contributed by atoms with Crippen LogP contribution >= 0.6 is 0 Å². The molecule has 4 aromatic carbocycles. The second-order valence-electron chi connectivity index (χ2n) is 10.9. The Kier molecular flexibility index (Phi) is 8.08. The Morgan fingerprint density at radius 1 is 0.647 bits per heavy atom. The normalized spacial score (nSPS) is 13.6. The largest absolute Gasteiger partial charge is 0.506 e. The van der Waals surface area contributed by atoms with Gasteiger partial charge in [-0.15, -0.1) is 0 Å². The van der Waals surface area contributed by atoms with Crippen LogP contribution in [0.4, 0.5) is 17.1 Å². The van der Waals surface area contributed by atoms with E-state index in [2.05, 4.69) is 10.3 Å². The standard InChI is InChI=1S/C29H19N3O15S4/c30-16-9-17(20(50(42,43)44)11-19(16)49(39,40)41)31-18-10-21(51(45,46)47)26-24-22(14-6-1-2-7-15(14)28(34)23(18)24)25(29(35)32-26)27(33)12-4-3-5-13(8-12)48(36,37)38/h1-11,31,33H,30H2,(H,36,37,38)(H,39,40,41)(H,42,43,44)(H,45,46,47). The average molecular weight is 778 g/mol. The topological polar surface area (TPSA) is 323 Å². The van der Waals surface area contributed by atoms with E-state index in [-0.39, 0.29) is 27.6 Å². The molecule has 0 spiro atoms. The Hall–Kier alpha value is -5.33. The van der Waals surface area contributed by atoms with Crippen LogP contribution in [0, 0.1) is 10.4 Å². The van der Waals surface area contributed by atoms with Crippen molar-refractivity contribution < 1.29 is 57.0 Å². The van der Waals surface area contributed by atoms with E-state index in [4.69, 9.17) is 5.73 Å². The first-order valence-electron chi connectivity index (χ1n) is 13.6. The van der Waals surface area contributed by atoms with Gasteiger partial charge < -0.3 is 16.2 Å². The predicted molar refractivity (Wildman–Crippen MR) is 178 cm³/mol. The van der Waals surface area contributed by atoms with Gasteiger partial charge in [-0.3, -0.25) is 27.8 Å². The fourth-order valence-corrected chi connectivity index (χ4v) is 8.19. The summed E-state index contributed by atoms with van der Waals surface area (Å²) in [7, 11) is -20.7. The number of rotatable bonds is 7. The van der Waals surface area contributed by atoms with Gasteiger partial charge in [0.1, 0.15) is 20.4 Å². The molecule has 51 heavy (non-hydrogen) atoms. The smallest absolute Gasteiger partial charge is 0.296 e. The van der Waals surface area contributed by atoms with Crippen molar-refractivity contribution in [1.82, 2.24) is 4.98 Å². The highest BCUT2D eigenvalue weighted by atomic mass is 32.2. The molecule has 1 heterocycles. The van der Waals surface area contributed by atoms with Crippen LogP contribution in [0.2, 0.25) is 0 Å². The number of hydrogen-bond acceptors (Lipinski definition) is 14. The average Bonchev–Trinajstić information content (AvgIpc) is 3.01. The lowest BCUT2D eigenvalue weighted by atomic mass is 9.96. The van der Waals surface area contributed by atoms with Crippen LogP contribution in [0.5, 0.6) is 0 Å². The van der Waals surface area contributed by atoms with Crippen LogP contribution in [-0.4, -0.2) is 62.0 Å². The molecule has 264 valence electrons. The maximum Gasteiger partial charge on any atom is 0.296 e. The molecule has 0 radical (unpaired) electrons. The third-order valence-electron chi connectivity index (χ3n) is 7.72. The van der Waals surface area contributed by atoms with Crippen molar-refractivity contribution in [2.45, 2.75) is 19.6 Å². The summed E-state index contributed by atoms with van der Waals surface area (Å²) in [5, 5.41) is 11.5. The summed E-state index contributed by atoms with van der Waals surface area (Å²) in [6.45, 7) is 0. The predicted octanol–water partition coefficient (Wildman–Crippen LogP) is 1.02. The van der Waals surface area contributed by atoms with Gasteiger partial charge in [0.05, 0.1) is 38.1 Å². The highest BCUT2D eigenvalue weighted by molar-refractivity contribution is 7.87. The molecule has 0 atom stereocenters. The summed E-state index contributed by atoms with van der Waals surface area (Å²) in [6.07, 6.45) is 0. The summed E-state index contributed by atoms with van der Waals surface area (Å²) in [5.74, 6) is -0.945. The van der Waals surface area contributed by atoms with Gasteiger partial charge >= 0.3 is 0 Å². The van der Waals surface area contributed by atoms with Crippen LogP contribution < -0.4 is 27.3 Å². The molecule has 22 heteroatoms. The van der Waals surface area contributed by atoms with Crippen molar-refractivity contribution in [3.63, 3.8) is 0 Å². The molecule has 0 amide bonds. The monoisotopic (exact) mass is 777 g/mol. The highest BCUT2D eigenvalue weighted by Gasteiger charge is 2.28. The van der Waals surface area contributed by atoms with Crippen LogP contribution in [0.1, 0.15) is 5.56 Å². The van der Waals surface area contributed by atoms with Crippen LogP contribution in [-0.2, 0) is 40.5 Å². The molecule has 0 saturated heterocycles. The molecule has 1 aliphatic heterocycles. The minimum Gasteiger partial charge on any atom is -0.506 e. The number of nitrogens with two attached hydrogens (primary N) is 1. The minimum atomic E-state index is -5.38. The zero-order valence-corrected chi connectivity index (χ0v) is 28.1. The number of nitrogens with one attached hydrogen (secondary N) is 1. The third kappa shape index (κ3) is 6.08. The van der Waals surface area contributed by atoms with Gasteiger partial charge in [-0.25, -0.2) is 4.98 Å².